The topological polar surface area (TPSA) is 53.2 Å². The van der Waals surface area contributed by atoms with Gasteiger partial charge in [0.05, 0.1) is 5.56 Å². The second-order valence-corrected chi connectivity index (χ2v) is 5.67. The van der Waals surface area contributed by atoms with Crippen LogP contribution < -0.4 is 10.5 Å². The first-order chi connectivity index (χ1) is 10.9. The van der Waals surface area contributed by atoms with Crippen molar-refractivity contribution in [1.82, 2.24) is 4.98 Å². The third kappa shape index (κ3) is 2.95. The molecule has 0 saturated carbocycles. The summed E-state index contributed by atoms with van der Waals surface area (Å²) in [7, 11) is 0. The molecule has 7 heteroatoms. The molecule has 1 aliphatic rings. The molecule has 23 heavy (non-hydrogen) atoms. The van der Waals surface area contributed by atoms with E-state index in [4.69, 9.17) is 0 Å². The molecule has 0 spiro atoms. The van der Waals surface area contributed by atoms with Gasteiger partial charge in [-0.05, 0) is 31.0 Å². The lowest BCUT2D eigenvalue weighted by Gasteiger charge is -2.26. The van der Waals surface area contributed by atoms with E-state index < -0.39 is 17.3 Å². The zero-order chi connectivity index (χ0) is 16.6. The maximum Gasteiger partial charge on any atom is 0.417 e. The number of halogens is 3. The van der Waals surface area contributed by atoms with Crippen molar-refractivity contribution in [3.8, 4) is 0 Å². The highest BCUT2D eigenvalue weighted by molar-refractivity contribution is 5.86. The second kappa shape index (κ2) is 5.72. The molecular formula is C16H15F3N2O2. The molecule has 1 N–H and O–H groups in total. The van der Waals surface area contributed by atoms with Gasteiger partial charge >= 0.3 is 6.18 Å². The van der Waals surface area contributed by atoms with Crippen molar-refractivity contribution in [3.63, 3.8) is 0 Å². The number of pyridine rings is 1. The molecule has 0 radical (unpaired) electrons. The summed E-state index contributed by atoms with van der Waals surface area (Å²) >= 11 is 0. The number of hydrogen-bond acceptors (Lipinski definition) is 3. The van der Waals surface area contributed by atoms with E-state index in [1.165, 1.54) is 12.1 Å². The molecule has 1 fully saturated rings. The number of nitrogens with zero attached hydrogens (tertiary/aromatic N) is 1. The Morgan fingerprint density at radius 1 is 1.30 bits per heavy atom. The van der Waals surface area contributed by atoms with Gasteiger partial charge in [-0.3, -0.25) is 4.79 Å². The number of carbonyl (C=O) groups excluding carboxylic acids is 1. The van der Waals surface area contributed by atoms with Crippen LogP contribution in [0, 0.1) is 0 Å². The van der Waals surface area contributed by atoms with Gasteiger partial charge in [-0.1, -0.05) is 0 Å². The summed E-state index contributed by atoms with van der Waals surface area (Å²) in [5.74, 6) is 0. The molecule has 1 aromatic heterocycles. The number of carbonyl (C=O) groups is 1. The number of rotatable bonds is 3. The molecule has 1 saturated heterocycles. The average molecular weight is 324 g/mol. The Kier molecular flexibility index (Phi) is 3.87. The SMILES string of the molecule is O=CCC1CCCN1c1ccc2[nH]c(=O)cc(C(F)(F)F)c2c1. The number of H-pyrrole nitrogens is 1. The number of alkyl halides is 3. The summed E-state index contributed by atoms with van der Waals surface area (Å²) in [6, 6.07) is 5.21. The second-order valence-electron chi connectivity index (χ2n) is 5.67. The monoisotopic (exact) mass is 324 g/mol. The summed E-state index contributed by atoms with van der Waals surface area (Å²) in [6.07, 6.45) is -1.67. The van der Waals surface area contributed by atoms with Crippen LogP contribution >= 0.6 is 0 Å². The van der Waals surface area contributed by atoms with Crippen LogP contribution in [-0.2, 0) is 11.0 Å². The van der Waals surface area contributed by atoms with Gasteiger partial charge in [-0.25, -0.2) is 0 Å². The van der Waals surface area contributed by atoms with Gasteiger partial charge < -0.3 is 14.7 Å². The largest absolute Gasteiger partial charge is 0.417 e. The molecule has 4 nitrogen and oxygen atoms in total. The number of hydrogen-bond donors (Lipinski definition) is 1. The Morgan fingerprint density at radius 3 is 2.78 bits per heavy atom. The van der Waals surface area contributed by atoms with Gasteiger partial charge in [0, 0.05) is 41.7 Å². The molecule has 0 aliphatic carbocycles. The third-order valence-electron chi connectivity index (χ3n) is 4.21. The number of fused-ring (bicyclic) bond motifs is 1. The number of anilines is 1. The molecule has 1 aromatic carbocycles. The van der Waals surface area contributed by atoms with Crippen molar-refractivity contribution in [3.05, 3.63) is 40.2 Å². The van der Waals surface area contributed by atoms with Crippen molar-refractivity contribution in [1.29, 1.82) is 0 Å². The molecule has 2 aromatic rings. The first-order valence-corrected chi connectivity index (χ1v) is 7.34. The normalized spacial score (nSPS) is 18.6. The van der Waals surface area contributed by atoms with Crippen LogP contribution in [-0.4, -0.2) is 23.9 Å². The van der Waals surface area contributed by atoms with Crippen LogP contribution in [0.5, 0.6) is 0 Å². The lowest BCUT2D eigenvalue weighted by Crippen LogP contribution is -2.29. The minimum absolute atomic E-state index is 0.0158. The predicted octanol–water partition coefficient (Wildman–Crippen LogP) is 3.10. The van der Waals surface area contributed by atoms with Crippen LogP contribution in [0.4, 0.5) is 18.9 Å². The third-order valence-corrected chi connectivity index (χ3v) is 4.21. The van der Waals surface area contributed by atoms with Gasteiger partial charge in [-0.2, -0.15) is 13.2 Å². The fourth-order valence-corrected chi connectivity index (χ4v) is 3.19. The Bertz CT molecular complexity index is 798. The molecule has 1 unspecified atom stereocenters. The van der Waals surface area contributed by atoms with E-state index in [0.717, 1.165) is 19.1 Å². The van der Waals surface area contributed by atoms with E-state index in [0.29, 0.717) is 24.7 Å². The molecule has 0 amide bonds. The van der Waals surface area contributed by atoms with Crippen LogP contribution in [0.15, 0.2) is 29.1 Å². The van der Waals surface area contributed by atoms with Crippen LogP contribution in [0.1, 0.15) is 24.8 Å². The average Bonchev–Trinajstić information content (AvgIpc) is 2.93. The van der Waals surface area contributed by atoms with Gasteiger partial charge in [0.1, 0.15) is 6.29 Å². The highest BCUT2D eigenvalue weighted by Gasteiger charge is 2.34. The van der Waals surface area contributed by atoms with Crippen molar-refractivity contribution in [2.24, 2.45) is 0 Å². The standard InChI is InChI=1S/C16H15F3N2O2/c17-16(18,19)13-9-15(23)20-14-4-3-11(8-12(13)14)21-6-1-2-10(21)5-7-22/h3-4,7-10H,1-2,5-6H2,(H,20,23). The quantitative estimate of drug-likeness (QED) is 0.883. The number of nitrogens with one attached hydrogen (secondary N) is 1. The highest BCUT2D eigenvalue weighted by Crippen LogP contribution is 2.36. The molecule has 2 heterocycles. The number of aromatic nitrogens is 1. The van der Waals surface area contributed by atoms with E-state index in [2.05, 4.69) is 4.98 Å². The summed E-state index contributed by atoms with van der Waals surface area (Å²) in [5, 5.41) is -0.0358. The number of aromatic amines is 1. The zero-order valence-corrected chi connectivity index (χ0v) is 12.2. The number of aldehydes is 1. The predicted molar refractivity (Wildman–Crippen MR) is 80.6 cm³/mol. The Hall–Kier alpha value is -2.31. The Labute approximate surface area is 129 Å². The first kappa shape index (κ1) is 15.6. The lowest BCUT2D eigenvalue weighted by molar-refractivity contribution is -0.136. The van der Waals surface area contributed by atoms with Gasteiger partial charge in [0.25, 0.3) is 0 Å². The summed E-state index contributed by atoms with van der Waals surface area (Å²) in [4.78, 5) is 26.6. The van der Waals surface area contributed by atoms with E-state index in [-0.39, 0.29) is 16.9 Å². The van der Waals surface area contributed by atoms with Gasteiger partial charge in [0.15, 0.2) is 0 Å². The summed E-state index contributed by atoms with van der Waals surface area (Å²) < 4.78 is 39.6. The van der Waals surface area contributed by atoms with Gasteiger partial charge in [-0.15, -0.1) is 0 Å². The fourth-order valence-electron chi connectivity index (χ4n) is 3.19. The fraction of sp³-hybridized carbons (Fsp3) is 0.375. The van der Waals surface area contributed by atoms with Crippen LogP contribution in [0.25, 0.3) is 10.9 Å². The maximum atomic E-state index is 13.2. The lowest BCUT2D eigenvalue weighted by atomic mass is 10.1. The first-order valence-electron chi connectivity index (χ1n) is 7.34. The minimum atomic E-state index is -4.60. The molecule has 3 rings (SSSR count). The van der Waals surface area contributed by atoms with E-state index >= 15 is 0 Å². The molecule has 122 valence electrons. The summed E-state index contributed by atoms with van der Waals surface area (Å²) in [5.41, 5.74) is -0.930. The zero-order valence-electron chi connectivity index (χ0n) is 12.2. The Balaban J connectivity index is 2.13. The summed E-state index contributed by atoms with van der Waals surface area (Å²) in [6.45, 7) is 0.703. The van der Waals surface area contributed by atoms with E-state index in [1.807, 2.05) is 4.90 Å². The van der Waals surface area contributed by atoms with Crippen LogP contribution in [0.3, 0.4) is 0 Å². The van der Waals surface area contributed by atoms with Gasteiger partial charge in [0.2, 0.25) is 5.56 Å². The molecule has 1 atom stereocenters. The van der Waals surface area contributed by atoms with Crippen molar-refractivity contribution in [2.75, 3.05) is 11.4 Å². The van der Waals surface area contributed by atoms with E-state index in [1.54, 1.807) is 6.07 Å². The molecule has 1 aliphatic heterocycles. The maximum absolute atomic E-state index is 13.2. The van der Waals surface area contributed by atoms with Crippen molar-refractivity contribution < 1.29 is 18.0 Å². The van der Waals surface area contributed by atoms with Crippen molar-refractivity contribution in [2.45, 2.75) is 31.5 Å². The highest BCUT2D eigenvalue weighted by atomic mass is 19.4. The van der Waals surface area contributed by atoms with Crippen molar-refractivity contribution >= 4 is 22.9 Å². The smallest absolute Gasteiger partial charge is 0.368 e. The van der Waals surface area contributed by atoms with E-state index in [9.17, 15) is 22.8 Å². The molecular weight excluding hydrogens is 309 g/mol. The number of benzene rings is 1. The molecule has 0 bridgehead atoms. The Morgan fingerprint density at radius 2 is 2.09 bits per heavy atom. The van der Waals surface area contributed by atoms with Crippen LogP contribution in [0.2, 0.25) is 0 Å². The minimum Gasteiger partial charge on any atom is -0.368 e.